The van der Waals surface area contributed by atoms with Crippen LogP contribution < -0.4 is 5.14 Å². The minimum Gasteiger partial charge on any atom is -0.294 e. The van der Waals surface area contributed by atoms with E-state index in [4.69, 9.17) is 5.14 Å². The van der Waals surface area contributed by atoms with Crippen LogP contribution in [0.1, 0.15) is 38.1 Å². The molecule has 0 saturated carbocycles. The number of hydrogen-bond acceptors (Lipinski definition) is 3. The van der Waals surface area contributed by atoms with Gasteiger partial charge in [0.05, 0.1) is 0 Å². The number of hydrogen-bond donors (Lipinski definition) is 1. The average Bonchev–Trinajstić information content (AvgIpc) is 2.30. The van der Waals surface area contributed by atoms with Gasteiger partial charge in [0.1, 0.15) is 0 Å². The van der Waals surface area contributed by atoms with Crippen molar-refractivity contribution >= 4 is 17.7 Å². The Labute approximate surface area is 96.4 Å². The molecular weight excluding hydrogens is 206 g/mol. The van der Waals surface area contributed by atoms with Crippen LogP contribution in [0.15, 0.2) is 29.2 Å². The van der Waals surface area contributed by atoms with E-state index in [9.17, 15) is 4.79 Å². The molecule has 0 bridgehead atoms. The van der Waals surface area contributed by atoms with E-state index >= 15 is 0 Å². The van der Waals surface area contributed by atoms with E-state index in [2.05, 4.69) is 0 Å². The maximum absolute atomic E-state index is 11.7. The number of nitrogens with two attached hydrogens (primary N) is 1. The fourth-order valence-electron chi connectivity index (χ4n) is 1.08. The van der Waals surface area contributed by atoms with Crippen LogP contribution in [0.25, 0.3) is 0 Å². The van der Waals surface area contributed by atoms with Gasteiger partial charge < -0.3 is 0 Å². The van der Waals surface area contributed by atoms with Crippen LogP contribution in [-0.4, -0.2) is 5.78 Å². The minimum atomic E-state index is 0.0216. The fourth-order valence-corrected chi connectivity index (χ4v) is 1.54. The molecule has 0 spiro atoms. The summed E-state index contributed by atoms with van der Waals surface area (Å²) in [7, 11) is 0. The van der Waals surface area contributed by atoms with E-state index in [0.717, 1.165) is 22.4 Å². The van der Waals surface area contributed by atoms with E-state index < -0.39 is 0 Å². The van der Waals surface area contributed by atoms with E-state index in [1.54, 1.807) is 0 Å². The molecule has 0 amide bonds. The van der Waals surface area contributed by atoms with Gasteiger partial charge in [-0.15, -0.1) is 0 Å². The molecule has 3 heteroatoms. The lowest BCUT2D eigenvalue weighted by Crippen LogP contribution is -2.08. The first-order valence-electron chi connectivity index (χ1n) is 5.16. The lowest BCUT2D eigenvalue weighted by molar-refractivity contribution is 0.0936. The number of benzene rings is 1. The molecule has 1 aromatic carbocycles. The molecule has 15 heavy (non-hydrogen) atoms. The molecule has 0 heterocycles. The van der Waals surface area contributed by atoms with Crippen molar-refractivity contribution in [1.29, 1.82) is 0 Å². The maximum atomic E-state index is 11.7. The topological polar surface area (TPSA) is 43.1 Å². The molecule has 84 valence electrons. The summed E-state index contributed by atoms with van der Waals surface area (Å²) in [5, 5.41) is 5.45. The number of rotatable bonds is 3. The van der Waals surface area contributed by atoms with Crippen molar-refractivity contribution in [2.75, 3.05) is 0 Å². The third kappa shape index (κ3) is 4.06. The third-order valence-electron chi connectivity index (χ3n) is 1.80. The SMILES string of the molecule is CC.CC(C)C(=O)c1ccccc1SN. The Hall–Kier alpha value is -0.800. The Bertz CT molecular complexity index is 310. The summed E-state index contributed by atoms with van der Waals surface area (Å²) >= 11 is 1.12. The van der Waals surface area contributed by atoms with Crippen molar-refractivity contribution in [3.05, 3.63) is 29.8 Å². The highest BCUT2D eigenvalue weighted by Gasteiger charge is 2.13. The number of Topliss-reactive ketones (excluding diaryl/α,β-unsaturated/α-hetero) is 1. The van der Waals surface area contributed by atoms with Crippen molar-refractivity contribution in [3.8, 4) is 0 Å². The normalized spacial score (nSPS) is 9.47. The molecule has 0 atom stereocenters. The van der Waals surface area contributed by atoms with Crippen molar-refractivity contribution in [2.24, 2.45) is 11.1 Å². The van der Waals surface area contributed by atoms with Gasteiger partial charge >= 0.3 is 0 Å². The van der Waals surface area contributed by atoms with Crippen molar-refractivity contribution in [2.45, 2.75) is 32.6 Å². The molecule has 0 aliphatic carbocycles. The first-order chi connectivity index (χ1) is 7.16. The van der Waals surface area contributed by atoms with Crippen LogP contribution in [-0.2, 0) is 0 Å². The fraction of sp³-hybridized carbons (Fsp3) is 0.417. The quantitative estimate of drug-likeness (QED) is 0.632. The summed E-state index contributed by atoms with van der Waals surface area (Å²) in [6, 6.07) is 7.42. The zero-order chi connectivity index (χ0) is 11.8. The third-order valence-corrected chi connectivity index (χ3v) is 2.41. The van der Waals surface area contributed by atoms with E-state index in [-0.39, 0.29) is 11.7 Å². The van der Waals surface area contributed by atoms with Gasteiger partial charge in [-0.1, -0.05) is 45.9 Å². The van der Waals surface area contributed by atoms with Crippen LogP contribution in [0.3, 0.4) is 0 Å². The zero-order valence-corrected chi connectivity index (χ0v) is 10.6. The average molecular weight is 225 g/mol. The molecule has 2 nitrogen and oxygen atoms in total. The predicted molar refractivity (Wildman–Crippen MR) is 67.0 cm³/mol. The molecule has 0 aliphatic rings. The maximum Gasteiger partial charge on any atom is 0.166 e. The molecule has 2 N–H and O–H groups in total. The highest BCUT2D eigenvalue weighted by Crippen LogP contribution is 2.20. The second-order valence-electron chi connectivity index (χ2n) is 3.13. The Morgan fingerprint density at radius 2 is 1.80 bits per heavy atom. The molecular formula is C12H19NOS. The van der Waals surface area contributed by atoms with Gasteiger partial charge in [0.2, 0.25) is 0 Å². The van der Waals surface area contributed by atoms with Crippen molar-refractivity contribution in [1.82, 2.24) is 0 Å². The van der Waals surface area contributed by atoms with Crippen LogP contribution in [0, 0.1) is 5.92 Å². The van der Waals surface area contributed by atoms with Crippen LogP contribution in [0.5, 0.6) is 0 Å². The Kier molecular flexibility index (Phi) is 7.09. The van der Waals surface area contributed by atoms with Crippen LogP contribution >= 0.6 is 11.9 Å². The molecule has 1 aromatic rings. The van der Waals surface area contributed by atoms with Gasteiger partial charge in [0.15, 0.2) is 5.78 Å². The molecule has 0 saturated heterocycles. The molecule has 0 radical (unpaired) electrons. The summed E-state index contributed by atoms with van der Waals surface area (Å²) in [5.41, 5.74) is 0.727. The van der Waals surface area contributed by atoms with Gasteiger partial charge in [0.25, 0.3) is 0 Å². The Morgan fingerprint density at radius 3 is 2.27 bits per heavy atom. The highest BCUT2D eigenvalue weighted by molar-refractivity contribution is 7.97. The van der Waals surface area contributed by atoms with Gasteiger partial charge in [-0.05, 0) is 18.0 Å². The van der Waals surface area contributed by atoms with Gasteiger partial charge in [-0.25, -0.2) is 0 Å². The van der Waals surface area contributed by atoms with Crippen LogP contribution in [0.2, 0.25) is 0 Å². The molecule has 0 fully saturated rings. The minimum absolute atomic E-state index is 0.0216. The lowest BCUT2D eigenvalue weighted by atomic mass is 10.0. The summed E-state index contributed by atoms with van der Waals surface area (Å²) in [4.78, 5) is 12.5. The second kappa shape index (κ2) is 7.49. The van der Waals surface area contributed by atoms with Gasteiger partial charge in [-0.2, -0.15) is 0 Å². The van der Waals surface area contributed by atoms with Gasteiger partial charge in [-0.3, -0.25) is 9.93 Å². The predicted octanol–water partition coefficient (Wildman–Crippen LogP) is 3.52. The Morgan fingerprint density at radius 1 is 1.27 bits per heavy atom. The number of carbonyl (C=O) groups excluding carboxylic acids is 1. The second-order valence-corrected chi connectivity index (χ2v) is 3.81. The lowest BCUT2D eigenvalue weighted by Gasteiger charge is -2.07. The van der Waals surface area contributed by atoms with E-state index in [1.807, 2.05) is 52.0 Å². The molecule has 0 aliphatic heterocycles. The highest BCUT2D eigenvalue weighted by atomic mass is 32.2. The van der Waals surface area contributed by atoms with E-state index in [1.165, 1.54) is 0 Å². The monoisotopic (exact) mass is 225 g/mol. The first kappa shape index (κ1) is 14.2. The smallest absolute Gasteiger partial charge is 0.166 e. The summed E-state index contributed by atoms with van der Waals surface area (Å²) in [5.74, 6) is 0.168. The molecule has 0 unspecified atom stereocenters. The van der Waals surface area contributed by atoms with Gasteiger partial charge in [0, 0.05) is 16.4 Å². The van der Waals surface area contributed by atoms with Crippen LogP contribution in [0.4, 0.5) is 0 Å². The molecule has 0 aromatic heterocycles. The van der Waals surface area contributed by atoms with Crippen molar-refractivity contribution < 1.29 is 4.79 Å². The standard InChI is InChI=1S/C10H13NOS.C2H6/c1-7(2)10(12)8-5-3-4-6-9(8)13-11;1-2/h3-7H,11H2,1-2H3;1-2H3. The number of carbonyl (C=O) groups is 1. The Balaban J connectivity index is 0.000000921. The first-order valence-corrected chi connectivity index (χ1v) is 6.04. The summed E-state index contributed by atoms with van der Waals surface area (Å²) < 4.78 is 0. The number of ketones is 1. The van der Waals surface area contributed by atoms with Crippen molar-refractivity contribution in [3.63, 3.8) is 0 Å². The largest absolute Gasteiger partial charge is 0.294 e. The van der Waals surface area contributed by atoms with E-state index in [0.29, 0.717) is 0 Å². The summed E-state index contributed by atoms with van der Waals surface area (Å²) in [6.07, 6.45) is 0. The summed E-state index contributed by atoms with van der Waals surface area (Å²) in [6.45, 7) is 7.78. The zero-order valence-electron chi connectivity index (χ0n) is 9.78. The molecule has 1 rings (SSSR count).